The Morgan fingerprint density at radius 2 is 1.93 bits per heavy atom. The third-order valence-corrected chi connectivity index (χ3v) is 4.00. The van der Waals surface area contributed by atoms with Crippen LogP contribution in [-0.4, -0.2) is 30.8 Å². The Bertz CT molecular complexity index is 772. The molecule has 2 aromatic rings. The van der Waals surface area contributed by atoms with Crippen molar-refractivity contribution in [3.8, 4) is 11.5 Å². The average molecular weight is 415 g/mol. The molecule has 0 fully saturated rings. The first-order chi connectivity index (χ1) is 12.1. The van der Waals surface area contributed by atoms with Crippen LogP contribution < -0.4 is 25.4 Å². The number of amides is 1. The highest BCUT2D eigenvalue weighted by Gasteiger charge is 2.18. The Kier molecular flexibility index (Phi) is 8.46. The van der Waals surface area contributed by atoms with E-state index in [9.17, 15) is 4.79 Å². The molecule has 1 aliphatic rings. The van der Waals surface area contributed by atoms with Crippen molar-refractivity contribution in [3.05, 3.63) is 36.0 Å². The molecule has 0 aliphatic carbocycles. The minimum Gasteiger partial charge on any atom is -0.454 e. The van der Waals surface area contributed by atoms with Gasteiger partial charge >= 0.3 is 0 Å². The number of anilines is 3. The molecule has 0 spiro atoms. The van der Waals surface area contributed by atoms with Gasteiger partial charge in [0.05, 0.1) is 16.9 Å². The molecule has 1 aliphatic heterocycles. The molecule has 1 aromatic carbocycles. The molecule has 148 valence electrons. The topological polar surface area (TPSA) is 89.7 Å². The molecule has 0 bridgehead atoms. The number of benzene rings is 1. The third-order valence-electron chi connectivity index (χ3n) is 4.00. The maximum atomic E-state index is 12.5. The van der Waals surface area contributed by atoms with Crippen LogP contribution in [0.15, 0.2) is 30.5 Å². The van der Waals surface area contributed by atoms with E-state index in [-0.39, 0.29) is 37.5 Å². The lowest BCUT2D eigenvalue weighted by Crippen LogP contribution is -2.24. The molecule has 0 saturated heterocycles. The molecule has 1 aromatic heterocycles. The van der Waals surface area contributed by atoms with Crippen molar-refractivity contribution in [2.24, 2.45) is 0 Å². The minimum absolute atomic E-state index is 0. The fourth-order valence-corrected chi connectivity index (χ4v) is 2.67. The van der Waals surface area contributed by atoms with Crippen molar-refractivity contribution >= 4 is 47.9 Å². The van der Waals surface area contributed by atoms with Gasteiger partial charge in [-0.15, -0.1) is 24.8 Å². The van der Waals surface area contributed by atoms with Crippen LogP contribution in [0.5, 0.6) is 11.5 Å². The molecule has 0 saturated carbocycles. The molecule has 1 amide bonds. The number of nitrogen functional groups attached to an aromatic ring is 1. The third kappa shape index (κ3) is 5.08. The fourth-order valence-electron chi connectivity index (χ4n) is 2.67. The fraction of sp³-hybridized carbons (Fsp3) is 0.333. The zero-order valence-corrected chi connectivity index (χ0v) is 16.9. The molecule has 27 heavy (non-hydrogen) atoms. The van der Waals surface area contributed by atoms with Crippen molar-refractivity contribution < 1.29 is 14.3 Å². The molecule has 7 nitrogen and oxygen atoms in total. The zero-order chi connectivity index (χ0) is 17.8. The lowest BCUT2D eigenvalue weighted by atomic mass is 10.2. The van der Waals surface area contributed by atoms with Crippen LogP contribution in [0, 0.1) is 0 Å². The van der Waals surface area contributed by atoms with Gasteiger partial charge in [0, 0.05) is 31.4 Å². The van der Waals surface area contributed by atoms with Crippen LogP contribution in [0.4, 0.5) is 17.2 Å². The van der Waals surface area contributed by atoms with E-state index < -0.39 is 0 Å². The normalized spacial score (nSPS) is 11.2. The second-order valence-electron chi connectivity index (χ2n) is 5.73. The number of fused-ring (bicyclic) bond motifs is 1. The smallest absolute Gasteiger partial charge is 0.257 e. The molecule has 3 N–H and O–H groups in total. The van der Waals surface area contributed by atoms with E-state index in [0.29, 0.717) is 28.4 Å². The number of nitrogens with two attached hydrogens (primary N) is 1. The number of carbonyl (C=O) groups excluding carboxylic acids is 1. The quantitative estimate of drug-likeness (QED) is 0.699. The Balaban J connectivity index is 0.00000182. The van der Waals surface area contributed by atoms with Gasteiger partial charge < -0.3 is 25.4 Å². The minimum atomic E-state index is -0.275. The van der Waals surface area contributed by atoms with E-state index in [1.165, 1.54) is 0 Å². The molecule has 2 heterocycles. The lowest BCUT2D eigenvalue weighted by Gasteiger charge is -2.21. The first kappa shape index (κ1) is 22.7. The van der Waals surface area contributed by atoms with Gasteiger partial charge in [-0.2, -0.15) is 0 Å². The predicted octanol–water partition coefficient (Wildman–Crippen LogP) is 3.72. The van der Waals surface area contributed by atoms with Crippen LogP contribution in [0.1, 0.15) is 30.6 Å². The summed E-state index contributed by atoms with van der Waals surface area (Å²) < 4.78 is 10.6. The van der Waals surface area contributed by atoms with Crippen molar-refractivity contribution in [1.29, 1.82) is 0 Å². The summed E-state index contributed by atoms with van der Waals surface area (Å²) in [6.07, 6.45) is 2.62. The highest BCUT2D eigenvalue weighted by Crippen LogP contribution is 2.38. The second-order valence-corrected chi connectivity index (χ2v) is 5.73. The van der Waals surface area contributed by atoms with Crippen LogP contribution in [0.2, 0.25) is 0 Å². The maximum Gasteiger partial charge on any atom is 0.257 e. The SMILES string of the molecule is CCCN(CC)c1ccc(C(=O)Nc2cc3c(cc2N)OCO3)cn1.Cl.Cl. The van der Waals surface area contributed by atoms with Gasteiger partial charge in [-0.05, 0) is 25.5 Å². The van der Waals surface area contributed by atoms with E-state index in [1.807, 2.05) is 6.07 Å². The van der Waals surface area contributed by atoms with Gasteiger partial charge in [0.15, 0.2) is 11.5 Å². The molecule has 3 rings (SSSR count). The Hall–Kier alpha value is -2.38. The first-order valence-electron chi connectivity index (χ1n) is 8.33. The largest absolute Gasteiger partial charge is 0.454 e. The first-order valence-corrected chi connectivity index (χ1v) is 8.33. The van der Waals surface area contributed by atoms with Crippen LogP contribution >= 0.6 is 24.8 Å². The molecular weight excluding hydrogens is 391 g/mol. The van der Waals surface area contributed by atoms with E-state index >= 15 is 0 Å². The number of carbonyl (C=O) groups is 1. The number of nitrogens with zero attached hydrogens (tertiary/aromatic N) is 2. The summed E-state index contributed by atoms with van der Waals surface area (Å²) in [4.78, 5) is 19.0. The van der Waals surface area contributed by atoms with Crippen LogP contribution in [0.25, 0.3) is 0 Å². The van der Waals surface area contributed by atoms with Crippen molar-refractivity contribution in [1.82, 2.24) is 4.98 Å². The molecule has 0 unspecified atom stereocenters. The monoisotopic (exact) mass is 414 g/mol. The van der Waals surface area contributed by atoms with Crippen LogP contribution in [-0.2, 0) is 0 Å². The average Bonchev–Trinajstić information content (AvgIpc) is 3.07. The Morgan fingerprint density at radius 1 is 1.22 bits per heavy atom. The van der Waals surface area contributed by atoms with Gasteiger partial charge in [-0.3, -0.25) is 4.79 Å². The number of hydrogen-bond donors (Lipinski definition) is 2. The van der Waals surface area contributed by atoms with Gasteiger partial charge in [-0.1, -0.05) is 6.92 Å². The summed E-state index contributed by atoms with van der Waals surface area (Å²) in [5.41, 5.74) is 7.33. The highest BCUT2D eigenvalue weighted by atomic mass is 35.5. The summed E-state index contributed by atoms with van der Waals surface area (Å²) in [6, 6.07) is 6.93. The Morgan fingerprint density at radius 3 is 2.52 bits per heavy atom. The zero-order valence-electron chi connectivity index (χ0n) is 15.2. The van der Waals surface area contributed by atoms with Crippen LogP contribution in [0.3, 0.4) is 0 Å². The molecule has 9 heteroatoms. The van der Waals surface area contributed by atoms with Gasteiger partial charge in [0.1, 0.15) is 5.82 Å². The second kappa shape index (κ2) is 10.1. The summed E-state index contributed by atoms with van der Waals surface area (Å²) in [6.45, 7) is 6.17. The molecule has 0 radical (unpaired) electrons. The van der Waals surface area contributed by atoms with E-state index in [2.05, 4.69) is 29.0 Å². The van der Waals surface area contributed by atoms with E-state index in [0.717, 1.165) is 25.3 Å². The molecular formula is C18H24Cl2N4O3. The standard InChI is InChI=1S/C18H22N4O3.2ClH/c1-3-7-22(4-2)17-6-5-12(10-20-17)18(23)21-14-9-16-15(8-13(14)19)24-11-25-16;;/h5-6,8-10H,3-4,7,11,19H2,1-2H3,(H,21,23);2*1H. The number of nitrogens with one attached hydrogen (secondary N) is 1. The number of aromatic nitrogens is 1. The summed E-state index contributed by atoms with van der Waals surface area (Å²) in [7, 11) is 0. The van der Waals surface area contributed by atoms with Gasteiger partial charge in [0.2, 0.25) is 6.79 Å². The summed E-state index contributed by atoms with van der Waals surface area (Å²) >= 11 is 0. The number of hydrogen-bond acceptors (Lipinski definition) is 6. The lowest BCUT2D eigenvalue weighted by molar-refractivity contribution is 0.102. The van der Waals surface area contributed by atoms with Gasteiger partial charge in [0.25, 0.3) is 5.91 Å². The maximum absolute atomic E-state index is 12.5. The number of rotatable bonds is 6. The van der Waals surface area contributed by atoms with E-state index in [1.54, 1.807) is 24.4 Å². The van der Waals surface area contributed by atoms with Crippen molar-refractivity contribution in [2.45, 2.75) is 20.3 Å². The van der Waals surface area contributed by atoms with E-state index in [4.69, 9.17) is 15.2 Å². The number of ether oxygens (including phenoxy) is 2. The van der Waals surface area contributed by atoms with Crippen molar-refractivity contribution in [2.75, 3.05) is 35.8 Å². The number of halogens is 2. The van der Waals surface area contributed by atoms with Gasteiger partial charge in [-0.25, -0.2) is 4.98 Å². The predicted molar refractivity (Wildman–Crippen MR) is 112 cm³/mol. The van der Waals surface area contributed by atoms with Crippen molar-refractivity contribution in [3.63, 3.8) is 0 Å². The Labute approximate surface area is 171 Å². The molecule has 0 atom stereocenters. The summed E-state index contributed by atoms with van der Waals surface area (Å²) in [5.74, 6) is 1.74. The highest BCUT2D eigenvalue weighted by molar-refractivity contribution is 6.06. The summed E-state index contributed by atoms with van der Waals surface area (Å²) in [5, 5.41) is 2.79. The number of pyridine rings is 1.